The monoisotopic (exact) mass is 1900 g/mol. The molecule has 17 rings (SSSR count). The van der Waals surface area contributed by atoms with Crippen molar-refractivity contribution in [1.82, 2.24) is 57.7 Å². The van der Waals surface area contributed by atoms with Gasteiger partial charge in [0.05, 0.1) is 54.5 Å². The van der Waals surface area contributed by atoms with Gasteiger partial charge >= 0.3 is 51.4 Å². The third-order valence-electron chi connectivity index (χ3n) is 21.5. The van der Waals surface area contributed by atoms with Gasteiger partial charge in [0, 0.05) is 98.1 Å². The molecule has 0 spiro atoms. The number of hydrogen-bond acceptors (Lipinski definition) is 16. The summed E-state index contributed by atoms with van der Waals surface area (Å²) in [6, 6.07) is 41.9. The molecule has 12 heterocycles. The molecule has 27 heteroatoms. The zero-order chi connectivity index (χ0) is 89.2. The van der Waals surface area contributed by atoms with E-state index in [1.807, 2.05) is 85.0 Å². The molecule has 5 aromatic carbocycles. The molecular formula is C99H114Br2ClKN14O7Si2. The van der Waals surface area contributed by atoms with Gasteiger partial charge in [0.25, 0.3) is 27.8 Å². The van der Waals surface area contributed by atoms with Crippen molar-refractivity contribution in [3.63, 3.8) is 0 Å². The van der Waals surface area contributed by atoms with Crippen LogP contribution in [0, 0.1) is 97.4 Å². The van der Waals surface area contributed by atoms with Crippen LogP contribution in [0.3, 0.4) is 0 Å². The molecule has 0 saturated carbocycles. The molecule has 0 atom stereocenters. The summed E-state index contributed by atoms with van der Waals surface area (Å²) in [7, 11) is -1.51. The third-order valence-corrected chi connectivity index (χ3v) is 24.5. The van der Waals surface area contributed by atoms with Crippen LogP contribution < -0.4 is 79.2 Å². The number of nitrogens with zero attached hydrogens (tertiary/aromatic N) is 14. The number of aromatic nitrogens is 12. The minimum absolute atomic E-state index is 0. The van der Waals surface area contributed by atoms with Crippen molar-refractivity contribution in [2.75, 3.05) is 7.11 Å². The minimum atomic E-state index is -1.41. The van der Waals surface area contributed by atoms with Crippen LogP contribution in [0.25, 0.3) is 54.5 Å². The largest absolute Gasteiger partial charge is 1.00 e. The van der Waals surface area contributed by atoms with Gasteiger partial charge in [0.2, 0.25) is 0 Å². The zero-order valence-corrected chi connectivity index (χ0v) is 83.3. The van der Waals surface area contributed by atoms with Crippen molar-refractivity contribution in [2.24, 2.45) is 27.1 Å². The number of pyridine rings is 2. The van der Waals surface area contributed by atoms with Gasteiger partial charge < -0.3 is 10.6 Å². The van der Waals surface area contributed by atoms with Gasteiger partial charge in [-0.1, -0.05) is 181 Å². The molecule has 2 N–H and O–H groups in total. The fourth-order valence-corrected chi connectivity index (χ4v) is 15.8. The number of benzene rings is 5. The van der Waals surface area contributed by atoms with Gasteiger partial charge in [-0.15, -0.1) is 23.9 Å². The molecule has 5 aliphatic heterocycles. The van der Waals surface area contributed by atoms with Crippen molar-refractivity contribution < 1.29 is 62.0 Å². The third kappa shape index (κ3) is 27.8. The molecule has 0 saturated heterocycles. The molecule has 652 valence electrons. The summed E-state index contributed by atoms with van der Waals surface area (Å²) in [6.07, 6.45) is 19.7. The summed E-state index contributed by atoms with van der Waals surface area (Å²) in [5.41, 5.74) is 14.9. The van der Waals surface area contributed by atoms with Crippen LogP contribution in [-0.4, -0.2) is 91.6 Å². The van der Waals surface area contributed by atoms with Crippen molar-refractivity contribution in [1.29, 1.82) is 10.5 Å². The molecule has 0 aliphatic carbocycles. The first-order valence-corrected chi connectivity index (χ1v) is 49.7. The second-order valence-electron chi connectivity index (χ2n) is 37.2. The van der Waals surface area contributed by atoms with E-state index in [1.54, 1.807) is 77.4 Å². The second kappa shape index (κ2) is 44.0. The van der Waals surface area contributed by atoms with E-state index < -0.39 is 16.1 Å². The van der Waals surface area contributed by atoms with E-state index in [0.717, 1.165) is 159 Å². The first kappa shape index (κ1) is 105. The van der Waals surface area contributed by atoms with E-state index >= 15 is 0 Å². The van der Waals surface area contributed by atoms with Crippen molar-refractivity contribution in [3.05, 3.63) is 256 Å². The van der Waals surface area contributed by atoms with Gasteiger partial charge in [0.15, 0.2) is 0 Å². The van der Waals surface area contributed by atoms with Crippen LogP contribution in [0.15, 0.2) is 160 Å². The maximum atomic E-state index is 12.8. The second-order valence-corrected chi connectivity index (χ2v) is 48.9. The van der Waals surface area contributed by atoms with Crippen LogP contribution in [0.4, 0.5) is 0 Å². The van der Waals surface area contributed by atoms with E-state index in [4.69, 9.17) is 50.0 Å². The predicted octanol–water partition coefficient (Wildman–Crippen LogP) is 16.1. The normalized spacial score (nSPS) is 14.9. The summed E-state index contributed by atoms with van der Waals surface area (Å²) in [5, 5.41) is 28.2. The van der Waals surface area contributed by atoms with Crippen molar-refractivity contribution in [3.8, 4) is 59.8 Å². The van der Waals surface area contributed by atoms with Gasteiger partial charge in [0.1, 0.15) is 79.1 Å². The smallest absolute Gasteiger partial charge is 0.870 e. The molecule has 0 fully saturated rings. The summed E-state index contributed by atoms with van der Waals surface area (Å²) in [4.78, 5) is 94.2. The first-order chi connectivity index (χ1) is 57.4. The Labute approximate surface area is 806 Å². The Kier molecular flexibility index (Phi) is 36.8. The van der Waals surface area contributed by atoms with E-state index in [2.05, 4.69) is 200 Å². The van der Waals surface area contributed by atoms with Gasteiger partial charge in [-0.3, -0.25) is 46.8 Å². The van der Waals surface area contributed by atoms with Crippen molar-refractivity contribution in [2.45, 2.75) is 220 Å². The van der Waals surface area contributed by atoms with E-state index in [0.29, 0.717) is 76.7 Å². The number of aliphatic hydroxyl groups excluding tert-OH is 1. The Morgan fingerprint density at radius 2 is 0.690 bits per heavy atom. The van der Waals surface area contributed by atoms with Gasteiger partial charge in [-0.2, -0.15) is 10.5 Å². The fourth-order valence-electron chi connectivity index (χ4n) is 14.4. The number of terminal acetylenes is 2. The topological polar surface area (TPSA) is 298 Å². The van der Waals surface area contributed by atoms with Gasteiger partial charge in [-0.05, 0) is 196 Å². The number of halogens is 3. The zero-order valence-electron chi connectivity index (χ0n) is 74.2. The van der Waals surface area contributed by atoms with Gasteiger partial charge in [-0.25, -0.2) is 34.9 Å². The molecule has 0 unspecified atom stereocenters. The minimum Gasteiger partial charge on any atom is -0.870 e. The van der Waals surface area contributed by atoms with E-state index in [-0.39, 0.29) is 127 Å². The number of fused-ring (bicyclic) bond motifs is 10. The Balaban J connectivity index is 0.000000232. The van der Waals surface area contributed by atoms with Crippen LogP contribution in [0.1, 0.15) is 179 Å². The first-order valence-electron chi connectivity index (χ1n) is 40.7. The molecule has 7 aromatic heterocycles. The Hall–Kier alpha value is -9.44. The Morgan fingerprint density at radius 1 is 0.397 bits per heavy atom. The number of aliphatic hydroxyl groups is 1. The number of nitriles is 2. The fraction of sp³-hybridized carbons (Fsp3) is 0.394. The molecule has 0 amide bonds. The summed E-state index contributed by atoms with van der Waals surface area (Å²) in [6.45, 7) is 39.1. The molecule has 21 nitrogen and oxygen atoms in total. The summed E-state index contributed by atoms with van der Waals surface area (Å²) < 4.78 is 10.8. The van der Waals surface area contributed by atoms with Crippen LogP contribution in [0.2, 0.25) is 44.3 Å². The molecule has 0 bridgehead atoms. The average molecular weight is 1900 g/mol. The number of rotatable bonds is 0. The standard InChI is InChI=1S/C22H18N4O.C19H24N2OSi.C16H16N2O.C14H15BrN2O.C14H15ClN2O.C6H3BrN2.C5H10Si.CH4O.2CH4.K.H2O/c1-22(2)10-11-26-20(13-22)25-19-12-15(7-9-18(19)21(26)27)6-8-16-4-3-5-17(14-23)24-16;1-19(2)9-10-21-17(13-19)20-16-12-14(8-11-23(3,4)5)6-7-15(16)18(21)22;1-4-11-5-6-12-13(9-11)17-14-10-16(2,3)7-8-18(14)15(12)19;2*1-14(2)5-6-17-12(8-14)16-11-7-9(15)3-4-10(11)13(17)18;7-6-3-1-2-5(4-8)9-6;1-5-6(2,3)4;1-2;;;;/h3-5,7,9,12H,10-11,13H2,1-2H3;6-7,12H,9-10,13H2,1-5H3;1,5-6,9H,7-8,10H2,2-3H3;2*3-4,7H,5-6,8H2,1-2H3;1-3H;1H,2-4H3;2H,1H3;2*1H4;;1H2/q;;;;;;;;;;+1;/p-1. The van der Waals surface area contributed by atoms with Crippen LogP contribution >= 0.6 is 43.5 Å². The van der Waals surface area contributed by atoms with Crippen LogP contribution in [-0.2, 0) is 64.8 Å². The summed E-state index contributed by atoms with van der Waals surface area (Å²) >= 11 is 12.5. The average Bonchev–Trinajstić information content (AvgIpc) is 0.791. The predicted molar refractivity (Wildman–Crippen MR) is 519 cm³/mol. The molecule has 126 heavy (non-hydrogen) atoms. The van der Waals surface area contributed by atoms with E-state index in [1.165, 1.54) is 0 Å². The molecule has 0 radical (unpaired) electrons. The molecule has 5 aliphatic rings. The number of hydrogen-bond donors (Lipinski definition) is 1. The maximum absolute atomic E-state index is 12.8. The summed E-state index contributed by atoms with van der Waals surface area (Å²) in [5.74, 6) is 16.3. The quantitative estimate of drug-likeness (QED) is 0.0838. The SMILES string of the molecule is C.C.C#C[Si](C)(C)C.C#Cc1ccc2c(=O)n3c(nc2c1)CC(C)(C)CC3.CC1(C)CCn2c(nc3cc(Br)ccc3c2=O)C1.CC1(C)CCn2c(nc3cc(C#C[Si](C)(C)C)ccc3c2=O)C1.CC1(C)CCn2c(nc3cc(C#Cc4cccc(C#N)n4)ccc3c2=O)C1.CC1(C)CCn2c(nc3cc(Cl)ccc3c2=O)C1.CO.N#Cc1cccc(Br)n1.[K+].[OH-]. The maximum Gasteiger partial charge on any atom is 1.00 e. The van der Waals surface area contributed by atoms with E-state index in [9.17, 15) is 24.0 Å². The van der Waals surface area contributed by atoms with Crippen LogP contribution in [0.5, 0.6) is 0 Å². The molecule has 12 aromatic rings. The Bertz CT molecular complexity index is 6590. The molecular weight excluding hydrogens is 1790 g/mol. The Morgan fingerprint density at radius 3 is 1.02 bits per heavy atom. The van der Waals surface area contributed by atoms with Crippen molar-refractivity contribution >= 4 is 114 Å².